The van der Waals surface area contributed by atoms with Crippen LogP contribution >= 0.6 is 0 Å². The Morgan fingerprint density at radius 3 is 2.52 bits per heavy atom. The maximum absolute atomic E-state index is 13.0. The summed E-state index contributed by atoms with van der Waals surface area (Å²) in [7, 11) is 3.34. The van der Waals surface area contributed by atoms with E-state index in [1.54, 1.807) is 19.1 Å². The van der Waals surface area contributed by atoms with Crippen LogP contribution in [0.15, 0.2) is 34.9 Å². The van der Waals surface area contributed by atoms with Crippen LogP contribution in [0.5, 0.6) is 5.75 Å². The van der Waals surface area contributed by atoms with Crippen LogP contribution in [0.25, 0.3) is 11.5 Å². The summed E-state index contributed by atoms with van der Waals surface area (Å²) >= 11 is 0. The Balaban J connectivity index is 1.53. The summed E-state index contributed by atoms with van der Waals surface area (Å²) in [4.78, 5) is 33.1. The van der Waals surface area contributed by atoms with Crippen molar-refractivity contribution >= 4 is 11.9 Å². The maximum Gasteiger partial charge on any atom is 0.327 e. The molecule has 2 aromatic rings. The number of benzene rings is 1. The highest BCUT2D eigenvalue weighted by Gasteiger charge is 2.55. The normalized spacial score (nSPS) is 19.2. The molecule has 1 aromatic heterocycles. The minimum absolute atomic E-state index is 0.108. The number of ether oxygens (including phenoxy) is 1. The molecule has 1 spiro atoms. The van der Waals surface area contributed by atoms with Crippen LogP contribution in [-0.4, -0.2) is 46.4 Å². The van der Waals surface area contributed by atoms with Gasteiger partial charge in [-0.15, -0.1) is 0 Å². The number of rotatable bonds is 4. The van der Waals surface area contributed by atoms with E-state index in [-0.39, 0.29) is 18.5 Å². The van der Waals surface area contributed by atoms with E-state index in [9.17, 15) is 9.59 Å². The van der Waals surface area contributed by atoms with E-state index in [1.165, 1.54) is 11.2 Å². The largest absolute Gasteiger partial charge is 0.497 e. The van der Waals surface area contributed by atoms with Gasteiger partial charge in [0, 0.05) is 12.6 Å². The zero-order chi connectivity index (χ0) is 19.0. The molecule has 0 N–H and O–H groups in total. The van der Waals surface area contributed by atoms with E-state index >= 15 is 0 Å². The standard InChI is InChI=1S/C20H23N3O4/c1-22-19(25)23(18(24)20(22)10-4-3-5-11-20)12-15-13-27-17(21-15)14-6-8-16(26-2)9-7-14/h6-9,13H,3-5,10-12H2,1-2H3. The van der Waals surface area contributed by atoms with Crippen molar-refractivity contribution < 1.29 is 18.7 Å². The summed E-state index contributed by atoms with van der Waals surface area (Å²) < 4.78 is 10.7. The van der Waals surface area contributed by atoms with Crippen molar-refractivity contribution in [3.63, 3.8) is 0 Å². The molecule has 27 heavy (non-hydrogen) atoms. The SMILES string of the molecule is COc1ccc(-c2nc(CN3C(=O)N(C)C4(CCCCC4)C3=O)co2)cc1. The summed E-state index contributed by atoms with van der Waals surface area (Å²) in [5.41, 5.74) is 0.698. The van der Waals surface area contributed by atoms with Crippen molar-refractivity contribution in [3.8, 4) is 17.2 Å². The average molecular weight is 369 g/mol. The van der Waals surface area contributed by atoms with E-state index in [4.69, 9.17) is 9.15 Å². The highest BCUT2D eigenvalue weighted by molar-refractivity contribution is 6.06. The van der Waals surface area contributed by atoms with Gasteiger partial charge in [0.1, 0.15) is 17.6 Å². The highest BCUT2D eigenvalue weighted by Crippen LogP contribution is 2.40. The van der Waals surface area contributed by atoms with Gasteiger partial charge in [0.05, 0.1) is 19.3 Å². The third-order valence-corrected chi connectivity index (χ3v) is 5.69. The number of carbonyl (C=O) groups excluding carboxylic acids is 2. The zero-order valence-electron chi connectivity index (χ0n) is 15.6. The fraction of sp³-hybridized carbons (Fsp3) is 0.450. The first kappa shape index (κ1) is 17.6. The average Bonchev–Trinajstić information content (AvgIpc) is 3.24. The molecule has 0 unspecified atom stereocenters. The quantitative estimate of drug-likeness (QED) is 0.772. The maximum atomic E-state index is 13.0. The third-order valence-electron chi connectivity index (χ3n) is 5.69. The Labute approximate surface area is 157 Å². The molecule has 4 rings (SSSR count). The van der Waals surface area contributed by atoms with E-state index in [0.717, 1.165) is 43.4 Å². The molecule has 142 valence electrons. The number of aromatic nitrogens is 1. The number of urea groups is 1. The van der Waals surface area contributed by atoms with Gasteiger partial charge in [-0.2, -0.15) is 0 Å². The Morgan fingerprint density at radius 2 is 1.85 bits per heavy atom. The number of nitrogens with zero attached hydrogens (tertiary/aromatic N) is 3. The first-order valence-electron chi connectivity index (χ1n) is 9.24. The lowest BCUT2D eigenvalue weighted by Gasteiger charge is -2.35. The number of carbonyl (C=O) groups is 2. The van der Waals surface area contributed by atoms with Crippen molar-refractivity contribution in [3.05, 3.63) is 36.2 Å². The van der Waals surface area contributed by atoms with Gasteiger partial charge < -0.3 is 14.1 Å². The van der Waals surface area contributed by atoms with Crippen LogP contribution < -0.4 is 4.74 Å². The molecule has 2 aliphatic rings. The van der Waals surface area contributed by atoms with Crippen molar-refractivity contribution in [2.75, 3.05) is 14.2 Å². The summed E-state index contributed by atoms with van der Waals surface area (Å²) in [5, 5.41) is 0. The van der Waals surface area contributed by atoms with Gasteiger partial charge in [-0.25, -0.2) is 9.78 Å². The fourth-order valence-corrected chi connectivity index (χ4v) is 4.08. The zero-order valence-corrected chi connectivity index (χ0v) is 15.6. The first-order chi connectivity index (χ1) is 13.0. The number of imide groups is 1. The highest BCUT2D eigenvalue weighted by atomic mass is 16.5. The Morgan fingerprint density at radius 1 is 1.15 bits per heavy atom. The van der Waals surface area contributed by atoms with Gasteiger partial charge in [0.25, 0.3) is 5.91 Å². The van der Waals surface area contributed by atoms with Crippen molar-refractivity contribution in [2.45, 2.75) is 44.2 Å². The lowest BCUT2D eigenvalue weighted by molar-refractivity contribution is -0.134. The molecule has 3 amide bonds. The molecule has 7 heteroatoms. The molecule has 0 atom stereocenters. The molecule has 1 aliphatic heterocycles. The summed E-state index contributed by atoms with van der Waals surface area (Å²) in [6.45, 7) is 0.128. The third kappa shape index (κ3) is 2.87. The molecule has 1 aromatic carbocycles. The van der Waals surface area contributed by atoms with Gasteiger partial charge in [-0.1, -0.05) is 19.3 Å². The van der Waals surface area contributed by atoms with E-state index < -0.39 is 5.54 Å². The fourth-order valence-electron chi connectivity index (χ4n) is 4.08. The number of amides is 3. The number of likely N-dealkylation sites (N-methyl/N-ethyl adjacent to an activating group) is 1. The second kappa shape index (κ2) is 6.72. The topological polar surface area (TPSA) is 75.9 Å². The van der Waals surface area contributed by atoms with Crippen LogP contribution in [0, 0.1) is 0 Å². The molecular weight excluding hydrogens is 346 g/mol. The van der Waals surface area contributed by atoms with Crippen LogP contribution in [0.1, 0.15) is 37.8 Å². The molecule has 7 nitrogen and oxygen atoms in total. The molecule has 0 bridgehead atoms. The summed E-state index contributed by atoms with van der Waals surface area (Å²) in [6.07, 6.45) is 6.05. The number of oxazole rings is 1. The van der Waals surface area contributed by atoms with Crippen molar-refractivity contribution in [1.29, 1.82) is 0 Å². The second-order valence-corrected chi connectivity index (χ2v) is 7.20. The smallest absolute Gasteiger partial charge is 0.327 e. The number of methoxy groups -OCH3 is 1. The molecule has 1 saturated heterocycles. The van der Waals surface area contributed by atoms with Crippen molar-refractivity contribution in [1.82, 2.24) is 14.8 Å². The van der Waals surface area contributed by atoms with Crippen LogP contribution in [-0.2, 0) is 11.3 Å². The van der Waals surface area contributed by atoms with Gasteiger partial charge in [-0.05, 0) is 37.1 Å². The number of hydrogen-bond donors (Lipinski definition) is 0. The molecule has 2 heterocycles. The van der Waals surface area contributed by atoms with E-state index in [2.05, 4.69) is 4.98 Å². The summed E-state index contributed by atoms with van der Waals surface area (Å²) in [6, 6.07) is 7.11. The van der Waals surface area contributed by atoms with Gasteiger partial charge >= 0.3 is 6.03 Å². The first-order valence-corrected chi connectivity index (χ1v) is 9.24. The minimum atomic E-state index is -0.669. The lowest BCUT2D eigenvalue weighted by atomic mass is 9.81. The lowest BCUT2D eigenvalue weighted by Crippen LogP contribution is -2.49. The van der Waals surface area contributed by atoms with Crippen LogP contribution in [0.3, 0.4) is 0 Å². The molecule has 1 saturated carbocycles. The second-order valence-electron chi connectivity index (χ2n) is 7.20. The van der Waals surface area contributed by atoms with E-state index in [1.807, 2.05) is 24.3 Å². The van der Waals surface area contributed by atoms with Gasteiger partial charge in [-0.3, -0.25) is 9.69 Å². The Kier molecular flexibility index (Phi) is 4.37. The van der Waals surface area contributed by atoms with Crippen molar-refractivity contribution in [2.24, 2.45) is 0 Å². The Hall–Kier alpha value is -2.83. The molecule has 1 aliphatic carbocycles. The van der Waals surface area contributed by atoms with Gasteiger partial charge in [0.15, 0.2) is 0 Å². The van der Waals surface area contributed by atoms with E-state index in [0.29, 0.717) is 11.6 Å². The molecule has 2 fully saturated rings. The monoisotopic (exact) mass is 369 g/mol. The van der Waals surface area contributed by atoms with Crippen LogP contribution in [0.4, 0.5) is 4.79 Å². The molecular formula is C20H23N3O4. The summed E-state index contributed by atoms with van der Waals surface area (Å²) in [5.74, 6) is 1.09. The Bertz CT molecular complexity index is 852. The predicted molar refractivity (Wildman–Crippen MR) is 98.0 cm³/mol. The number of hydrogen-bond acceptors (Lipinski definition) is 5. The van der Waals surface area contributed by atoms with Crippen LogP contribution in [0.2, 0.25) is 0 Å². The molecule has 0 radical (unpaired) electrons. The van der Waals surface area contributed by atoms with Gasteiger partial charge in [0.2, 0.25) is 5.89 Å². The predicted octanol–water partition coefficient (Wildman–Crippen LogP) is 3.45. The minimum Gasteiger partial charge on any atom is -0.497 e.